The van der Waals surface area contributed by atoms with E-state index in [0.29, 0.717) is 38.0 Å². The first-order valence-corrected chi connectivity index (χ1v) is 6.99. The Balaban J connectivity index is 2.14. The molecule has 5 nitrogen and oxygen atoms in total. The highest BCUT2D eigenvalue weighted by molar-refractivity contribution is 5.93. The predicted octanol–water partition coefficient (Wildman–Crippen LogP) is 2.43. The van der Waals surface area contributed by atoms with E-state index in [9.17, 15) is 9.18 Å². The molecule has 0 radical (unpaired) electrons. The molecule has 0 atom stereocenters. The number of rotatable bonds is 9. The average Bonchev–Trinajstić information content (AvgIpc) is 2.40. The smallest absolute Gasteiger partial charge is 0.226 e. The molecule has 3 N–H and O–H groups in total. The molecule has 0 aromatic heterocycles. The molecule has 0 saturated heterocycles. The Morgan fingerprint density at radius 3 is 2.67 bits per heavy atom. The van der Waals surface area contributed by atoms with Crippen LogP contribution in [-0.4, -0.2) is 32.3 Å². The number of carbonyl (C=O) groups excluding carboxylic acids is 1. The molecule has 0 aliphatic heterocycles. The van der Waals surface area contributed by atoms with Crippen LogP contribution in [0.25, 0.3) is 0 Å². The molecule has 118 valence electrons. The molecule has 6 heteroatoms. The molecule has 0 spiro atoms. The van der Waals surface area contributed by atoms with E-state index in [0.717, 1.165) is 6.07 Å². The van der Waals surface area contributed by atoms with Crippen LogP contribution in [0.15, 0.2) is 18.2 Å². The van der Waals surface area contributed by atoms with E-state index >= 15 is 0 Å². The number of nitrogens with two attached hydrogens (primary N) is 1. The molecule has 0 saturated carbocycles. The normalized spacial score (nSPS) is 10.9. The maximum atomic E-state index is 12.9. The largest absolute Gasteiger partial charge is 0.397 e. The number of benzene rings is 1. The highest BCUT2D eigenvalue weighted by Gasteiger charge is 2.06. The summed E-state index contributed by atoms with van der Waals surface area (Å²) in [6, 6.07) is 3.84. The van der Waals surface area contributed by atoms with Crippen molar-refractivity contribution in [3.05, 3.63) is 24.0 Å². The third-order valence-corrected chi connectivity index (χ3v) is 2.58. The van der Waals surface area contributed by atoms with Crippen LogP contribution in [0.4, 0.5) is 15.8 Å². The van der Waals surface area contributed by atoms with Crippen molar-refractivity contribution in [2.24, 2.45) is 5.92 Å². The van der Waals surface area contributed by atoms with Crippen molar-refractivity contribution in [1.29, 1.82) is 0 Å². The second kappa shape index (κ2) is 9.31. The minimum Gasteiger partial charge on any atom is -0.397 e. The SMILES string of the molecule is CC(C)COCCOCCC(=O)Nc1ccc(F)cc1N. The number of amides is 1. The van der Waals surface area contributed by atoms with E-state index in [-0.39, 0.29) is 18.0 Å². The summed E-state index contributed by atoms with van der Waals surface area (Å²) in [4.78, 5) is 11.7. The maximum Gasteiger partial charge on any atom is 0.226 e. The van der Waals surface area contributed by atoms with Gasteiger partial charge in [0.25, 0.3) is 0 Å². The summed E-state index contributed by atoms with van der Waals surface area (Å²) < 4.78 is 23.5. The number of carbonyl (C=O) groups is 1. The number of hydrogen-bond acceptors (Lipinski definition) is 4. The Bertz CT molecular complexity index is 453. The fourth-order valence-corrected chi connectivity index (χ4v) is 1.56. The van der Waals surface area contributed by atoms with E-state index in [4.69, 9.17) is 15.2 Å². The fraction of sp³-hybridized carbons (Fsp3) is 0.533. The van der Waals surface area contributed by atoms with Crippen LogP contribution in [0.1, 0.15) is 20.3 Å². The van der Waals surface area contributed by atoms with E-state index in [1.54, 1.807) is 0 Å². The van der Waals surface area contributed by atoms with Gasteiger partial charge in [0.2, 0.25) is 5.91 Å². The lowest BCUT2D eigenvalue weighted by Gasteiger charge is -2.09. The number of ether oxygens (including phenoxy) is 2. The van der Waals surface area contributed by atoms with E-state index < -0.39 is 5.82 Å². The van der Waals surface area contributed by atoms with Crippen LogP contribution in [-0.2, 0) is 14.3 Å². The van der Waals surface area contributed by atoms with Gasteiger partial charge in [-0.3, -0.25) is 4.79 Å². The molecule has 1 aromatic rings. The predicted molar refractivity (Wildman–Crippen MR) is 80.5 cm³/mol. The number of nitrogens with one attached hydrogen (secondary N) is 1. The zero-order chi connectivity index (χ0) is 15.7. The van der Waals surface area contributed by atoms with Gasteiger partial charge < -0.3 is 20.5 Å². The molecular weight excluding hydrogens is 275 g/mol. The van der Waals surface area contributed by atoms with Crippen LogP contribution >= 0.6 is 0 Å². The standard InChI is InChI=1S/C15H23FN2O3/c1-11(2)10-21-8-7-20-6-5-15(19)18-14-4-3-12(16)9-13(14)17/h3-4,9,11H,5-8,10,17H2,1-2H3,(H,18,19). The van der Waals surface area contributed by atoms with Gasteiger partial charge >= 0.3 is 0 Å². The zero-order valence-corrected chi connectivity index (χ0v) is 12.5. The molecule has 0 unspecified atom stereocenters. The van der Waals surface area contributed by atoms with Gasteiger partial charge in [0, 0.05) is 6.61 Å². The van der Waals surface area contributed by atoms with Gasteiger partial charge in [0.1, 0.15) is 5.82 Å². The average molecular weight is 298 g/mol. The molecule has 1 rings (SSSR count). The number of halogens is 1. The Morgan fingerprint density at radius 2 is 2.00 bits per heavy atom. The molecule has 21 heavy (non-hydrogen) atoms. The van der Waals surface area contributed by atoms with Crippen molar-refractivity contribution in [2.75, 3.05) is 37.5 Å². The molecule has 0 aliphatic carbocycles. The quantitative estimate of drug-likeness (QED) is 0.542. The van der Waals surface area contributed by atoms with E-state index in [1.165, 1.54) is 12.1 Å². The van der Waals surface area contributed by atoms with E-state index in [2.05, 4.69) is 19.2 Å². The van der Waals surface area contributed by atoms with Crippen molar-refractivity contribution in [2.45, 2.75) is 20.3 Å². The summed E-state index contributed by atoms with van der Waals surface area (Å²) in [5.74, 6) is -0.163. The molecule has 0 bridgehead atoms. The van der Waals surface area contributed by atoms with Gasteiger partial charge in [0.15, 0.2) is 0 Å². The lowest BCUT2D eigenvalue weighted by molar-refractivity contribution is -0.117. The number of hydrogen-bond donors (Lipinski definition) is 2. The molecular formula is C15H23FN2O3. The minimum atomic E-state index is -0.435. The number of nitrogen functional groups attached to an aromatic ring is 1. The van der Waals surface area contributed by atoms with Crippen molar-refractivity contribution in [3.63, 3.8) is 0 Å². The van der Waals surface area contributed by atoms with E-state index in [1.807, 2.05) is 0 Å². The van der Waals surface area contributed by atoms with Gasteiger partial charge in [-0.25, -0.2) is 4.39 Å². The summed E-state index contributed by atoms with van der Waals surface area (Å²) in [5, 5.41) is 2.61. The van der Waals surface area contributed by atoms with Gasteiger partial charge in [-0.05, 0) is 24.1 Å². The summed E-state index contributed by atoms with van der Waals surface area (Å²) in [7, 11) is 0. The van der Waals surface area contributed by atoms with Gasteiger partial charge in [-0.2, -0.15) is 0 Å². The molecule has 0 heterocycles. The van der Waals surface area contributed by atoms with Gasteiger partial charge in [-0.1, -0.05) is 13.8 Å². The van der Waals surface area contributed by atoms with Crippen LogP contribution < -0.4 is 11.1 Å². The summed E-state index contributed by atoms with van der Waals surface area (Å²) in [6.07, 6.45) is 0.209. The van der Waals surface area contributed by atoms with Crippen molar-refractivity contribution >= 4 is 17.3 Å². The van der Waals surface area contributed by atoms with Gasteiger partial charge in [-0.15, -0.1) is 0 Å². The van der Waals surface area contributed by atoms with Crippen molar-refractivity contribution in [1.82, 2.24) is 0 Å². The van der Waals surface area contributed by atoms with Crippen LogP contribution in [0.5, 0.6) is 0 Å². The summed E-state index contributed by atoms with van der Waals surface area (Å²) in [5.41, 5.74) is 6.21. The van der Waals surface area contributed by atoms with Crippen molar-refractivity contribution < 1.29 is 18.7 Å². The first-order chi connectivity index (χ1) is 9.99. The summed E-state index contributed by atoms with van der Waals surface area (Å²) >= 11 is 0. The Hall–Kier alpha value is -1.66. The Kier molecular flexibility index (Phi) is 7.71. The van der Waals surface area contributed by atoms with Gasteiger partial charge in [0.05, 0.1) is 37.6 Å². The fourth-order valence-electron chi connectivity index (χ4n) is 1.56. The molecule has 0 fully saturated rings. The first-order valence-electron chi connectivity index (χ1n) is 6.99. The lowest BCUT2D eigenvalue weighted by atomic mass is 10.2. The second-order valence-corrected chi connectivity index (χ2v) is 5.11. The second-order valence-electron chi connectivity index (χ2n) is 5.11. The maximum absolute atomic E-state index is 12.9. The van der Waals surface area contributed by atoms with Crippen LogP contribution in [0.3, 0.4) is 0 Å². The van der Waals surface area contributed by atoms with Crippen molar-refractivity contribution in [3.8, 4) is 0 Å². The molecule has 1 amide bonds. The van der Waals surface area contributed by atoms with Crippen LogP contribution in [0, 0.1) is 11.7 Å². The lowest BCUT2D eigenvalue weighted by Crippen LogP contribution is -2.16. The monoisotopic (exact) mass is 298 g/mol. The molecule has 0 aliphatic rings. The highest BCUT2D eigenvalue weighted by atomic mass is 19.1. The minimum absolute atomic E-state index is 0.200. The topological polar surface area (TPSA) is 73.6 Å². The third-order valence-electron chi connectivity index (χ3n) is 2.58. The highest BCUT2D eigenvalue weighted by Crippen LogP contribution is 2.19. The third kappa shape index (κ3) is 7.63. The molecule has 1 aromatic carbocycles. The Labute approximate surface area is 124 Å². The first kappa shape index (κ1) is 17.4. The number of anilines is 2. The zero-order valence-electron chi connectivity index (χ0n) is 12.5. The van der Waals surface area contributed by atoms with Crippen LogP contribution in [0.2, 0.25) is 0 Å². The Morgan fingerprint density at radius 1 is 1.29 bits per heavy atom. The summed E-state index contributed by atoms with van der Waals surface area (Å²) in [6.45, 7) is 6.13.